The van der Waals surface area contributed by atoms with E-state index in [0.717, 1.165) is 4.68 Å². The zero-order valence-corrected chi connectivity index (χ0v) is 13.9. The molecule has 0 unspecified atom stereocenters. The Morgan fingerprint density at radius 2 is 2.08 bits per heavy atom. The summed E-state index contributed by atoms with van der Waals surface area (Å²) in [6, 6.07) is 6.50. The molecule has 0 radical (unpaired) electrons. The number of nitrogens with two attached hydrogens (primary N) is 1. The van der Waals surface area contributed by atoms with Gasteiger partial charge in [0, 0.05) is 22.3 Å². The minimum absolute atomic E-state index is 0.0703. The van der Waals surface area contributed by atoms with Gasteiger partial charge in [-0.2, -0.15) is 9.78 Å². The number of aliphatic hydroxyl groups excluding tert-OH is 1. The molecule has 0 saturated heterocycles. The average Bonchev–Trinajstić information content (AvgIpc) is 2.96. The van der Waals surface area contributed by atoms with Gasteiger partial charge in [0.2, 0.25) is 0 Å². The first-order chi connectivity index (χ1) is 11.5. The van der Waals surface area contributed by atoms with Crippen molar-refractivity contribution < 1.29 is 9.90 Å². The Balaban J connectivity index is 2.25. The zero-order chi connectivity index (χ0) is 17.3. The zero-order valence-electron chi connectivity index (χ0n) is 12.3. The molecule has 2 aromatic heterocycles. The van der Waals surface area contributed by atoms with Crippen molar-refractivity contribution in [2.45, 2.75) is 0 Å². The van der Waals surface area contributed by atoms with Crippen LogP contribution in [-0.4, -0.2) is 33.9 Å². The first-order valence-corrected chi connectivity index (χ1v) is 8.23. The Morgan fingerprint density at radius 1 is 1.38 bits per heavy atom. The topological polar surface area (TPSA) is 110 Å². The summed E-state index contributed by atoms with van der Waals surface area (Å²) in [6.45, 7) is -0.112. The smallest absolute Gasteiger partial charge is 0.282 e. The highest BCUT2D eigenvalue weighted by Gasteiger charge is 2.20. The normalized spacial score (nSPS) is 10.9. The van der Waals surface area contributed by atoms with Gasteiger partial charge in [-0.1, -0.05) is 11.6 Å². The number of halogens is 1. The van der Waals surface area contributed by atoms with Crippen LogP contribution in [0.25, 0.3) is 16.5 Å². The van der Waals surface area contributed by atoms with E-state index < -0.39 is 11.5 Å². The van der Waals surface area contributed by atoms with Gasteiger partial charge in [-0.05, 0) is 24.3 Å². The number of carbonyl (C=O) groups is 1. The largest absolute Gasteiger partial charge is 0.395 e. The molecule has 4 N–H and O–H groups in total. The van der Waals surface area contributed by atoms with Crippen molar-refractivity contribution in [1.29, 1.82) is 0 Å². The lowest BCUT2D eigenvalue weighted by atomic mass is 10.2. The number of thiophene rings is 1. The van der Waals surface area contributed by atoms with Crippen molar-refractivity contribution in [2.75, 3.05) is 18.9 Å². The van der Waals surface area contributed by atoms with E-state index in [-0.39, 0.29) is 24.2 Å². The van der Waals surface area contributed by atoms with Crippen molar-refractivity contribution in [3.8, 4) is 5.69 Å². The number of aromatic nitrogens is 2. The van der Waals surface area contributed by atoms with Crippen LogP contribution >= 0.6 is 22.9 Å². The van der Waals surface area contributed by atoms with Crippen LogP contribution in [0.5, 0.6) is 0 Å². The summed E-state index contributed by atoms with van der Waals surface area (Å²) in [7, 11) is 0. The number of aliphatic hydroxyl groups is 1. The molecule has 0 spiro atoms. The molecular weight excluding hydrogens is 352 g/mol. The first kappa shape index (κ1) is 16.4. The lowest BCUT2D eigenvalue weighted by molar-refractivity contribution is 0.0940. The van der Waals surface area contributed by atoms with Crippen molar-refractivity contribution in [3.05, 3.63) is 50.7 Å². The molecule has 0 aliphatic heterocycles. The number of amides is 1. The summed E-state index contributed by atoms with van der Waals surface area (Å²) in [4.78, 5) is 25.0. The van der Waals surface area contributed by atoms with Crippen LogP contribution in [0.15, 0.2) is 34.4 Å². The van der Waals surface area contributed by atoms with Crippen molar-refractivity contribution in [2.24, 2.45) is 0 Å². The van der Waals surface area contributed by atoms with Gasteiger partial charge in [0.05, 0.1) is 22.7 Å². The fourth-order valence-electron chi connectivity index (χ4n) is 2.25. The second-order valence-corrected chi connectivity index (χ2v) is 6.26. The first-order valence-electron chi connectivity index (χ1n) is 6.98. The molecule has 3 aromatic rings. The number of hydrogen-bond donors (Lipinski definition) is 3. The highest BCUT2D eigenvalue weighted by Crippen LogP contribution is 2.27. The number of nitrogen functional groups attached to an aromatic ring is 1. The van der Waals surface area contributed by atoms with Gasteiger partial charge in [0.15, 0.2) is 5.69 Å². The number of fused-ring (bicyclic) bond motifs is 1. The molecule has 9 heteroatoms. The van der Waals surface area contributed by atoms with E-state index in [1.165, 1.54) is 11.3 Å². The summed E-state index contributed by atoms with van der Waals surface area (Å²) in [5.74, 6) is -0.491. The Hall–Kier alpha value is -2.42. The number of benzene rings is 1. The SMILES string of the molecule is Nc1scc2c(C(=O)NCCO)nn(-c3ccc(Cl)cc3)c(=O)c12. The van der Waals surface area contributed by atoms with Gasteiger partial charge < -0.3 is 16.2 Å². The van der Waals surface area contributed by atoms with Crippen LogP contribution in [0, 0.1) is 0 Å². The van der Waals surface area contributed by atoms with Crippen LogP contribution in [0.2, 0.25) is 5.02 Å². The van der Waals surface area contributed by atoms with Gasteiger partial charge in [0.25, 0.3) is 11.5 Å². The Kier molecular flexibility index (Phi) is 4.52. The fraction of sp³-hybridized carbons (Fsp3) is 0.133. The predicted octanol–water partition coefficient (Wildman–Crippen LogP) is 1.40. The summed E-state index contributed by atoms with van der Waals surface area (Å²) >= 11 is 7.03. The third-order valence-corrected chi connectivity index (χ3v) is 4.43. The Bertz CT molecular complexity index is 965. The lowest BCUT2D eigenvalue weighted by Gasteiger charge is -2.09. The highest BCUT2D eigenvalue weighted by atomic mass is 35.5. The number of rotatable bonds is 4. The van der Waals surface area contributed by atoms with Gasteiger partial charge in [-0.25, -0.2) is 0 Å². The molecule has 3 rings (SSSR count). The number of carbonyl (C=O) groups excluding carboxylic acids is 1. The number of nitrogens with zero attached hydrogens (tertiary/aromatic N) is 2. The molecule has 0 aliphatic carbocycles. The second-order valence-electron chi connectivity index (χ2n) is 4.91. The Labute approximate surface area is 145 Å². The van der Waals surface area contributed by atoms with Crippen molar-refractivity contribution in [1.82, 2.24) is 15.1 Å². The maximum atomic E-state index is 12.7. The van der Waals surface area contributed by atoms with E-state index >= 15 is 0 Å². The summed E-state index contributed by atoms with van der Waals surface area (Å²) in [6.07, 6.45) is 0. The standard InChI is InChI=1S/C15H13ClN4O3S/c16-8-1-3-9(4-2-8)20-15(23)11-10(7-24-13(11)17)12(19-20)14(22)18-5-6-21/h1-4,7,21H,5-6,17H2,(H,18,22). The maximum Gasteiger partial charge on any atom is 0.282 e. The third-order valence-electron chi connectivity index (χ3n) is 3.36. The van der Waals surface area contributed by atoms with E-state index in [2.05, 4.69) is 10.4 Å². The van der Waals surface area contributed by atoms with Crippen LogP contribution in [0.4, 0.5) is 5.00 Å². The third kappa shape index (κ3) is 2.86. The molecule has 1 aromatic carbocycles. The van der Waals surface area contributed by atoms with Crippen LogP contribution in [0.1, 0.15) is 10.5 Å². The summed E-state index contributed by atoms with van der Waals surface area (Å²) in [5.41, 5.74) is 6.03. The van der Waals surface area contributed by atoms with E-state index in [1.807, 2.05) is 0 Å². The highest BCUT2D eigenvalue weighted by molar-refractivity contribution is 7.15. The minimum Gasteiger partial charge on any atom is -0.395 e. The number of anilines is 1. The quantitative estimate of drug-likeness (QED) is 0.648. The van der Waals surface area contributed by atoms with Gasteiger partial charge in [-0.15, -0.1) is 11.3 Å². The predicted molar refractivity (Wildman–Crippen MR) is 94.1 cm³/mol. The molecule has 0 aliphatic rings. The second kappa shape index (κ2) is 6.60. The van der Waals surface area contributed by atoms with E-state index in [4.69, 9.17) is 22.4 Å². The van der Waals surface area contributed by atoms with Crippen LogP contribution in [-0.2, 0) is 0 Å². The molecule has 0 fully saturated rings. The molecule has 0 bridgehead atoms. The molecule has 0 saturated carbocycles. The molecule has 1 amide bonds. The average molecular weight is 365 g/mol. The van der Waals surface area contributed by atoms with Crippen molar-refractivity contribution >= 4 is 44.6 Å². The van der Waals surface area contributed by atoms with Gasteiger partial charge in [0.1, 0.15) is 0 Å². The number of nitrogens with one attached hydrogen (secondary N) is 1. The molecule has 2 heterocycles. The molecule has 0 atom stereocenters. The van der Waals surface area contributed by atoms with Crippen LogP contribution < -0.4 is 16.6 Å². The van der Waals surface area contributed by atoms with E-state index in [0.29, 0.717) is 21.1 Å². The van der Waals surface area contributed by atoms with E-state index in [1.54, 1.807) is 29.6 Å². The van der Waals surface area contributed by atoms with E-state index in [9.17, 15) is 9.59 Å². The molecule has 7 nitrogen and oxygen atoms in total. The minimum atomic E-state index is -0.491. The summed E-state index contributed by atoms with van der Waals surface area (Å²) < 4.78 is 1.12. The van der Waals surface area contributed by atoms with Crippen molar-refractivity contribution in [3.63, 3.8) is 0 Å². The van der Waals surface area contributed by atoms with Crippen LogP contribution in [0.3, 0.4) is 0 Å². The number of hydrogen-bond acceptors (Lipinski definition) is 6. The molecular formula is C15H13ClN4O3S. The molecule has 24 heavy (non-hydrogen) atoms. The fourth-order valence-corrected chi connectivity index (χ4v) is 3.17. The monoisotopic (exact) mass is 364 g/mol. The Morgan fingerprint density at radius 3 is 2.75 bits per heavy atom. The van der Waals surface area contributed by atoms with Gasteiger partial charge in [-0.3, -0.25) is 9.59 Å². The van der Waals surface area contributed by atoms with Gasteiger partial charge >= 0.3 is 0 Å². The lowest BCUT2D eigenvalue weighted by Crippen LogP contribution is -2.31. The summed E-state index contributed by atoms with van der Waals surface area (Å²) in [5, 5.41) is 18.7. The molecule has 124 valence electrons. The maximum absolute atomic E-state index is 12.7.